The van der Waals surface area contributed by atoms with Gasteiger partial charge in [-0.05, 0) is 6.92 Å². The topological polar surface area (TPSA) is 42.1 Å². The van der Waals surface area contributed by atoms with Gasteiger partial charge >= 0.3 is 6.18 Å². The Morgan fingerprint density at radius 2 is 2.20 bits per heavy atom. The number of aromatic nitrogens is 1. The van der Waals surface area contributed by atoms with Gasteiger partial charge in [-0.1, -0.05) is 0 Å². The van der Waals surface area contributed by atoms with Gasteiger partial charge in [-0.25, -0.2) is 4.98 Å². The molecule has 86 valence electrons. The van der Waals surface area contributed by atoms with Crippen LogP contribution in [0.3, 0.4) is 0 Å². The smallest absolute Gasteiger partial charge is 0.342 e. The summed E-state index contributed by atoms with van der Waals surface area (Å²) in [5, 5.41) is 2.01. The number of hydrogen-bond donors (Lipinski definition) is 1. The lowest BCUT2D eigenvalue weighted by Gasteiger charge is -2.17. The zero-order valence-corrected chi connectivity index (χ0v) is 9.19. The number of halogens is 3. The van der Waals surface area contributed by atoms with E-state index in [1.165, 1.54) is 7.05 Å². The minimum atomic E-state index is -4.21. The van der Waals surface area contributed by atoms with E-state index >= 15 is 0 Å². The van der Waals surface area contributed by atoms with Crippen LogP contribution in [0.1, 0.15) is 18.7 Å². The van der Waals surface area contributed by atoms with Gasteiger partial charge in [0.05, 0.1) is 5.69 Å². The highest BCUT2D eigenvalue weighted by Crippen LogP contribution is 2.25. The van der Waals surface area contributed by atoms with E-state index < -0.39 is 12.7 Å². The van der Waals surface area contributed by atoms with Crippen molar-refractivity contribution < 1.29 is 13.2 Å². The lowest BCUT2D eigenvalue weighted by atomic mass is 10.3. The molecule has 1 unspecified atom stereocenters. The molecule has 0 aromatic carbocycles. The lowest BCUT2D eigenvalue weighted by molar-refractivity contribution is -0.119. The van der Waals surface area contributed by atoms with Crippen LogP contribution in [0.2, 0.25) is 0 Å². The fourth-order valence-electron chi connectivity index (χ4n) is 0.997. The Bertz CT molecular complexity index is 321. The number of thiazole rings is 1. The van der Waals surface area contributed by atoms with Gasteiger partial charge in [-0.15, -0.1) is 11.3 Å². The predicted octanol–water partition coefficient (Wildman–Crippen LogP) is 2.16. The maximum Gasteiger partial charge on any atom is 0.405 e. The molecular formula is C8H12F3N3S. The molecule has 0 radical (unpaired) electrons. The molecule has 1 aromatic rings. The van der Waals surface area contributed by atoms with Crippen LogP contribution in [0.4, 0.5) is 18.3 Å². The summed E-state index contributed by atoms with van der Waals surface area (Å²) in [5.74, 6) is 0. The van der Waals surface area contributed by atoms with Crippen molar-refractivity contribution >= 4 is 16.5 Å². The second-order valence-corrected chi connectivity index (χ2v) is 4.15. The van der Waals surface area contributed by atoms with Crippen molar-refractivity contribution in [2.24, 2.45) is 5.73 Å². The summed E-state index contributed by atoms with van der Waals surface area (Å²) in [5.41, 5.74) is 6.17. The molecule has 1 heterocycles. The van der Waals surface area contributed by atoms with Crippen molar-refractivity contribution in [1.29, 1.82) is 0 Å². The normalized spacial score (nSPS) is 14.0. The third-order valence-electron chi connectivity index (χ3n) is 1.72. The second-order valence-electron chi connectivity index (χ2n) is 3.31. The number of nitrogens with two attached hydrogens (primary N) is 1. The van der Waals surface area contributed by atoms with E-state index in [4.69, 9.17) is 5.73 Å². The maximum absolute atomic E-state index is 12.1. The van der Waals surface area contributed by atoms with Gasteiger partial charge in [0.2, 0.25) is 0 Å². The first kappa shape index (κ1) is 12.3. The highest BCUT2D eigenvalue weighted by molar-refractivity contribution is 7.13. The first-order chi connectivity index (χ1) is 6.79. The van der Waals surface area contributed by atoms with Crippen LogP contribution < -0.4 is 10.6 Å². The van der Waals surface area contributed by atoms with Crippen LogP contribution in [0.15, 0.2) is 5.38 Å². The Kier molecular flexibility index (Phi) is 3.56. The summed E-state index contributed by atoms with van der Waals surface area (Å²) in [6.45, 7) is 0.738. The van der Waals surface area contributed by atoms with Crippen molar-refractivity contribution in [2.75, 3.05) is 18.5 Å². The standard InChI is InChI=1S/C8H12F3N3S/c1-5(12)6-3-15-7(13-6)14(2)4-8(9,10)11/h3,5H,4,12H2,1-2H3. The third-order valence-corrected chi connectivity index (χ3v) is 2.69. The average Bonchev–Trinajstić information content (AvgIpc) is 2.47. The zero-order chi connectivity index (χ0) is 11.6. The molecule has 1 rings (SSSR count). The summed E-state index contributed by atoms with van der Waals surface area (Å²) in [7, 11) is 1.36. The molecule has 0 fully saturated rings. The Labute approximate surface area is 89.7 Å². The van der Waals surface area contributed by atoms with Crippen molar-refractivity contribution in [3.8, 4) is 0 Å². The summed E-state index contributed by atoms with van der Waals surface area (Å²) in [6.07, 6.45) is -4.21. The van der Waals surface area contributed by atoms with Crippen molar-refractivity contribution in [1.82, 2.24) is 4.98 Å². The van der Waals surface area contributed by atoms with E-state index in [-0.39, 0.29) is 6.04 Å². The molecule has 1 aromatic heterocycles. The molecule has 0 bridgehead atoms. The van der Waals surface area contributed by atoms with Gasteiger partial charge in [0.25, 0.3) is 0 Å². The largest absolute Gasteiger partial charge is 0.405 e. The lowest BCUT2D eigenvalue weighted by Crippen LogP contribution is -2.30. The van der Waals surface area contributed by atoms with Crippen LogP contribution >= 0.6 is 11.3 Å². The first-order valence-electron chi connectivity index (χ1n) is 4.28. The van der Waals surface area contributed by atoms with Crippen LogP contribution in [0.25, 0.3) is 0 Å². The minimum absolute atomic E-state index is 0.255. The first-order valence-corrected chi connectivity index (χ1v) is 5.16. The van der Waals surface area contributed by atoms with Crippen molar-refractivity contribution in [3.63, 3.8) is 0 Å². The van der Waals surface area contributed by atoms with Gasteiger partial charge < -0.3 is 10.6 Å². The van der Waals surface area contributed by atoms with E-state index in [9.17, 15) is 13.2 Å². The van der Waals surface area contributed by atoms with Crippen LogP contribution in [-0.4, -0.2) is 24.8 Å². The molecule has 2 N–H and O–H groups in total. The summed E-state index contributed by atoms with van der Waals surface area (Å²) >= 11 is 1.16. The Morgan fingerprint density at radius 3 is 2.60 bits per heavy atom. The summed E-state index contributed by atoms with van der Waals surface area (Å²) in [6, 6.07) is -0.255. The maximum atomic E-state index is 12.1. The number of hydrogen-bond acceptors (Lipinski definition) is 4. The van der Waals surface area contributed by atoms with Crippen LogP contribution in [-0.2, 0) is 0 Å². The Morgan fingerprint density at radius 1 is 1.60 bits per heavy atom. The molecule has 0 amide bonds. The number of alkyl halides is 3. The second kappa shape index (κ2) is 4.36. The van der Waals surface area contributed by atoms with Crippen molar-refractivity contribution in [2.45, 2.75) is 19.1 Å². The fraction of sp³-hybridized carbons (Fsp3) is 0.625. The Hall–Kier alpha value is -0.820. The Balaban J connectivity index is 2.70. The average molecular weight is 239 g/mol. The van der Waals surface area contributed by atoms with Gasteiger partial charge in [0.15, 0.2) is 5.13 Å². The zero-order valence-electron chi connectivity index (χ0n) is 8.38. The molecule has 0 aliphatic carbocycles. The van der Waals surface area contributed by atoms with Crippen molar-refractivity contribution in [3.05, 3.63) is 11.1 Å². The van der Waals surface area contributed by atoms with Gasteiger partial charge in [0.1, 0.15) is 6.54 Å². The monoisotopic (exact) mass is 239 g/mol. The molecular weight excluding hydrogens is 227 g/mol. The molecule has 7 heteroatoms. The molecule has 1 atom stereocenters. The highest BCUT2D eigenvalue weighted by atomic mass is 32.1. The third kappa shape index (κ3) is 3.67. The predicted molar refractivity (Wildman–Crippen MR) is 54.0 cm³/mol. The van der Waals surface area contributed by atoms with Crippen LogP contribution in [0.5, 0.6) is 0 Å². The summed E-state index contributed by atoms with van der Waals surface area (Å²) in [4.78, 5) is 5.08. The van der Waals surface area contributed by atoms with E-state index in [0.29, 0.717) is 10.8 Å². The SMILES string of the molecule is CC(N)c1csc(N(C)CC(F)(F)F)n1. The van der Waals surface area contributed by atoms with Gasteiger partial charge in [0, 0.05) is 18.5 Å². The van der Waals surface area contributed by atoms with E-state index in [0.717, 1.165) is 16.2 Å². The molecule has 15 heavy (non-hydrogen) atoms. The quantitative estimate of drug-likeness (QED) is 0.878. The summed E-state index contributed by atoms with van der Waals surface area (Å²) < 4.78 is 36.2. The number of rotatable bonds is 3. The molecule has 3 nitrogen and oxygen atoms in total. The molecule has 0 saturated carbocycles. The van der Waals surface area contributed by atoms with Gasteiger partial charge in [-0.2, -0.15) is 13.2 Å². The molecule has 0 aliphatic rings. The molecule has 0 spiro atoms. The van der Waals surface area contributed by atoms with E-state index in [1.54, 1.807) is 12.3 Å². The van der Waals surface area contributed by atoms with Gasteiger partial charge in [-0.3, -0.25) is 0 Å². The molecule has 0 aliphatic heterocycles. The fourth-order valence-corrected chi connectivity index (χ4v) is 1.89. The van der Waals surface area contributed by atoms with E-state index in [1.807, 2.05) is 0 Å². The number of anilines is 1. The van der Waals surface area contributed by atoms with E-state index in [2.05, 4.69) is 4.98 Å². The highest BCUT2D eigenvalue weighted by Gasteiger charge is 2.30. The number of nitrogens with zero attached hydrogens (tertiary/aromatic N) is 2. The molecule has 0 saturated heterocycles. The minimum Gasteiger partial charge on any atom is -0.342 e. The van der Waals surface area contributed by atoms with Crippen LogP contribution in [0, 0.1) is 0 Å².